The first kappa shape index (κ1) is 15.8. The average molecular weight is 330 g/mol. The van der Waals surface area contributed by atoms with Crippen molar-refractivity contribution in [3.8, 4) is 0 Å². The van der Waals surface area contributed by atoms with Gasteiger partial charge in [0.25, 0.3) is 0 Å². The van der Waals surface area contributed by atoms with E-state index in [4.69, 9.17) is 0 Å². The van der Waals surface area contributed by atoms with Gasteiger partial charge in [-0.05, 0) is 42.4 Å². The standard InChI is InChI=1S/C19H14F3P/c1-13-17(12-16(20)19(22)18(13)21)23(14-8-4-2-5-9-14)15-10-6-3-7-11-15/h2-12H,1H3. The third kappa shape index (κ3) is 3.02. The van der Waals surface area contributed by atoms with Crippen LogP contribution in [0.25, 0.3) is 0 Å². The first-order chi connectivity index (χ1) is 11.1. The van der Waals surface area contributed by atoms with Gasteiger partial charge in [0.1, 0.15) is 0 Å². The molecule has 0 aliphatic rings. The second kappa shape index (κ2) is 6.55. The van der Waals surface area contributed by atoms with E-state index < -0.39 is 25.4 Å². The predicted octanol–water partition coefficient (Wildman–Crippen LogP) is 4.17. The SMILES string of the molecule is Cc1c(P(c2ccccc2)c2ccccc2)cc(F)c(F)c1F. The van der Waals surface area contributed by atoms with Gasteiger partial charge in [0, 0.05) is 0 Å². The first-order valence-corrected chi connectivity index (χ1v) is 8.48. The molecule has 0 heterocycles. The van der Waals surface area contributed by atoms with Crippen molar-refractivity contribution in [2.75, 3.05) is 0 Å². The van der Waals surface area contributed by atoms with Crippen LogP contribution in [0.4, 0.5) is 13.2 Å². The summed E-state index contributed by atoms with van der Waals surface area (Å²) < 4.78 is 41.3. The van der Waals surface area contributed by atoms with Gasteiger partial charge in [-0.3, -0.25) is 0 Å². The van der Waals surface area contributed by atoms with E-state index in [-0.39, 0.29) is 5.56 Å². The Morgan fingerprint density at radius 3 is 1.65 bits per heavy atom. The molecule has 0 saturated carbocycles. The van der Waals surface area contributed by atoms with Crippen LogP contribution in [0.5, 0.6) is 0 Å². The maximum atomic E-state index is 14.0. The Hall–Kier alpha value is -2.12. The summed E-state index contributed by atoms with van der Waals surface area (Å²) >= 11 is 0. The lowest BCUT2D eigenvalue weighted by atomic mass is 10.2. The highest BCUT2D eigenvalue weighted by Gasteiger charge is 2.23. The van der Waals surface area contributed by atoms with Gasteiger partial charge >= 0.3 is 0 Å². The highest BCUT2D eigenvalue weighted by molar-refractivity contribution is 7.79. The summed E-state index contributed by atoms with van der Waals surface area (Å²) in [4.78, 5) is 0. The van der Waals surface area contributed by atoms with Crippen molar-refractivity contribution in [2.45, 2.75) is 6.92 Å². The van der Waals surface area contributed by atoms with Gasteiger partial charge in [-0.15, -0.1) is 0 Å². The van der Waals surface area contributed by atoms with Crippen molar-refractivity contribution in [3.63, 3.8) is 0 Å². The molecule has 0 spiro atoms. The molecular weight excluding hydrogens is 316 g/mol. The van der Waals surface area contributed by atoms with Gasteiger partial charge in [0.05, 0.1) is 0 Å². The lowest BCUT2D eigenvalue weighted by molar-refractivity contribution is 0.445. The summed E-state index contributed by atoms with van der Waals surface area (Å²) in [5, 5.41) is 2.42. The Morgan fingerprint density at radius 1 is 0.696 bits per heavy atom. The summed E-state index contributed by atoms with van der Waals surface area (Å²) in [5.74, 6) is -3.68. The van der Waals surface area contributed by atoms with Gasteiger partial charge in [0.2, 0.25) is 0 Å². The molecule has 3 aromatic carbocycles. The molecule has 4 heteroatoms. The number of hydrogen-bond donors (Lipinski definition) is 0. The van der Waals surface area contributed by atoms with E-state index in [0.717, 1.165) is 16.7 Å². The average Bonchev–Trinajstić information content (AvgIpc) is 2.60. The highest BCUT2D eigenvalue weighted by Crippen LogP contribution is 2.35. The molecule has 0 aliphatic carbocycles. The van der Waals surface area contributed by atoms with Crippen LogP contribution in [-0.2, 0) is 0 Å². The van der Waals surface area contributed by atoms with Crippen LogP contribution in [0.3, 0.4) is 0 Å². The van der Waals surface area contributed by atoms with Crippen molar-refractivity contribution in [3.05, 3.63) is 89.7 Å². The zero-order valence-electron chi connectivity index (χ0n) is 12.4. The van der Waals surface area contributed by atoms with E-state index in [0.29, 0.717) is 5.30 Å². The second-order valence-electron chi connectivity index (χ2n) is 5.14. The fourth-order valence-electron chi connectivity index (χ4n) is 2.49. The maximum absolute atomic E-state index is 14.0. The molecule has 0 radical (unpaired) electrons. The predicted molar refractivity (Wildman–Crippen MR) is 89.8 cm³/mol. The Bertz CT molecular complexity index is 778. The largest absolute Gasteiger partial charge is 0.204 e. The molecule has 0 aromatic heterocycles. The van der Waals surface area contributed by atoms with E-state index in [9.17, 15) is 13.2 Å². The number of rotatable bonds is 3. The van der Waals surface area contributed by atoms with Crippen LogP contribution in [0, 0.1) is 24.4 Å². The zero-order chi connectivity index (χ0) is 16.4. The van der Waals surface area contributed by atoms with Gasteiger partial charge in [-0.2, -0.15) is 0 Å². The quantitative estimate of drug-likeness (QED) is 0.499. The van der Waals surface area contributed by atoms with Gasteiger partial charge < -0.3 is 0 Å². The summed E-state index contributed by atoms with van der Waals surface area (Å²) in [6, 6.07) is 20.2. The molecule has 0 N–H and O–H groups in total. The summed E-state index contributed by atoms with van der Waals surface area (Å²) in [6.07, 6.45) is 0. The Kier molecular flexibility index (Phi) is 4.49. The molecule has 0 atom stereocenters. The lowest BCUT2D eigenvalue weighted by Crippen LogP contribution is -2.24. The van der Waals surface area contributed by atoms with E-state index >= 15 is 0 Å². The molecule has 3 aromatic rings. The van der Waals surface area contributed by atoms with Crippen LogP contribution in [0.15, 0.2) is 66.7 Å². The Labute approximate surface area is 134 Å². The molecule has 0 amide bonds. The summed E-state index contributed by atoms with van der Waals surface area (Å²) in [7, 11) is -1.16. The molecule has 0 unspecified atom stereocenters. The smallest absolute Gasteiger partial charge is 0.194 e. The van der Waals surface area contributed by atoms with Crippen LogP contribution in [0.2, 0.25) is 0 Å². The minimum Gasteiger partial charge on any atom is -0.204 e. The van der Waals surface area contributed by atoms with Gasteiger partial charge in [0.15, 0.2) is 17.5 Å². The van der Waals surface area contributed by atoms with Crippen molar-refractivity contribution in [1.29, 1.82) is 0 Å². The van der Waals surface area contributed by atoms with E-state index in [1.807, 2.05) is 60.7 Å². The normalized spacial score (nSPS) is 11.0. The summed E-state index contributed by atoms with van der Waals surface area (Å²) in [6.45, 7) is 1.49. The van der Waals surface area contributed by atoms with Crippen LogP contribution in [-0.4, -0.2) is 0 Å². The monoisotopic (exact) mass is 330 g/mol. The molecule has 0 fully saturated rings. The fourth-order valence-corrected chi connectivity index (χ4v) is 4.96. The molecule has 0 aliphatic heterocycles. The maximum Gasteiger partial charge on any atom is 0.194 e. The van der Waals surface area contributed by atoms with E-state index in [1.54, 1.807) is 0 Å². The topological polar surface area (TPSA) is 0 Å². The minimum absolute atomic E-state index is 0.155. The van der Waals surface area contributed by atoms with Crippen LogP contribution >= 0.6 is 7.92 Å². The van der Waals surface area contributed by atoms with Crippen molar-refractivity contribution >= 4 is 23.8 Å². The lowest BCUT2D eigenvalue weighted by Gasteiger charge is -2.21. The van der Waals surface area contributed by atoms with Crippen molar-refractivity contribution < 1.29 is 13.2 Å². The third-order valence-electron chi connectivity index (χ3n) is 3.65. The van der Waals surface area contributed by atoms with Crippen molar-refractivity contribution in [2.24, 2.45) is 0 Å². The summed E-state index contributed by atoms with van der Waals surface area (Å²) in [5.41, 5.74) is 0.155. The highest BCUT2D eigenvalue weighted by atomic mass is 31.1. The molecule has 0 bridgehead atoms. The second-order valence-corrected chi connectivity index (χ2v) is 7.32. The molecule has 0 saturated heterocycles. The van der Waals surface area contributed by atoms with Gasteiger partial charge in [-0.1, -0.05) is 60.7 Å². The molecule has 3 rings (SSSR count). The third-order valence-corrected chi connectivity index (χ3v) is 6.22. The Balaban J connectivity index is 2.26. The molecular formula is C19H14F3P. The van der Waals surface area contributed by atoms with E-state index in [1.165, 1.54) is 6.92 Å². The van der Waals surface area contributed by atoms with E-state index in [2.05, 4.69) is 0 Å². The minimum atomic E-state index is -1.41. The number of benzene rings is 3. The van der Waals surface area contributed by atoms with Gasteiger partial charge in [-0.25, -0.2) is 13.2 Å². The molecule has 0 nitrogen and oxygen atoms in total. The fraction of sp³-hybridized carbons (Fsp3) is 0.0526. The van der Waals surface area contributed by atoms with Crippen molar-refractivity contribution in [1.82, 2.24) is 0 Å². The Morgan fingerprint density at radius 2 is 1.17 bits per heavy atom. The number of halogens is 3. The number of hydrogen-bond acceptors (Lipinski definition) is 0. The van der Waals surface area contributed by atoms with Crippen LogP contribution < -0.4 is 15.9 Å². The zero-order valence-corrected chi connectivity index (χ0v) is 13.3. The van der Waals surface area contributed by atoms with Crippen LogP contribution in [0.1, 0.15) is 5.56 Å². The molecule has 116 valence electrons. The first-order valence-electron chi connectivity index (χ1n) is 7.14. The molecule has 23 heavy (non-hydrogen) atoms.